The van der Waals surface area contributed by atoms with Crippen molar-refractivity contribution >= 4 is 33.5 Å². The molecular formula is C16H18N4OS2. The molecule has 120 valence electrons. The van der Waals surface area contributed by atoms with E-state index < -0.39 is 0 Å². The second-order valence-corrected chi connectivity index (χ2v) is 7.39. The molecule has 0 aromatic carbocycles. The van der Waals surface area contributed by atoms with Crippen LogP contribution in [0.4, 0.5) is 0 Å². The van der Waals surface area contributed by atoms with Gasteiger partial charge in [0.1, 0.15) is 11.4 Å². The van der Waals surface area contributed by atoms with Crippen molar-refractivity contribution in [3.8, 4) is 10.6 Å². The predicted molar refractivity (Wildman–Crippen MR) is 94.4 cm³/mol. The number of piperazine rings is 1. The fraction of sp³-hybridized carbons (Fsp3) is 0.375. The van der Waals surface area contributed by atoms with Gasteiger partial charge in [-0.05, 0) is 18.0 Å². The van der Waals surface area contributed by atoms with Gasteiger partial charge in [-0.15, -0.1) is 22.7 Å². The van der Waals surface area contributed by atoms with Gasteiger partial charge in [0, 0.05) is 37.8 Å². The molecule has 0 spiro atoms. The smallest absolute Gasteiger partial charge is 0.271 e. The largest absolute Gasteiger partial charge is 0.335 e. The molecule has 0 saturated carbocycles. The monoisotopic (exact) mass is 346 g/mol. The van der Waals surface area contributed by atoms with Crippen LogP contribution in [0.1, 0.15) is 17.4 Å². The van der Waals surface area contributed by atoms with Crippen molar-refractivity contribution in [1.82, 2.24) is 19.2 Å². The Balaban J connectivity index is 1.60. The predicted octanol–water partition coefficient (Wildman–Crippen LogP) is 2.90. The second-order valence-electron chi connectivity index (χ2n) is 5.60. The van der Waals surface area contributed by atoms with Crippen LogP contribution >= 0.6 is 22.7 Å². The number of imidazole rings is 1. The minimum absolute atomic E-state index is 0.113. The van der Waals surface area contributed by atoms with E-state index in [4.69, 9.17) is 0 Å². The van der Waals surface area contributed by atoms with Crippen LogP contribution in [0, 0.1) is 0 Å². The molecule has 1 aliphatic rings. The van der Waals surface area contributed by atoms with Gasteiger partial charge in [0.2, 0.25) is 0 Å². The fourth-order valence-corrected chi connectivity index (χ4v) is 4.44. The molecule has 5 nitrogen and oxygen atoms in total. The van der Waals surface area contributed by atoms with E-state index in [0.717, 1.165) is 53.9 Å². The van der Waals surface area contributed by atoms with Gasteiger partial charge in [0.05, 0.1) is 4.88 Å². The first-order valence-electron chi connectivity index (χ1n) is 7.78. The minimum atomic E-state index is 0.113. The summed E-state index contributed by atoms with van der Waals surface area (Å²) in [6, 6.07) is 4.08. The van der Waals surface area contributed by atoms with Crippen LogP contribution in [0.5, 0.6) is 0 Å². The first kappa shape index (κ1) is 14.9. The molecule has 3 aromatic heterocycles. The number of rotatable bonds is 3. The number of nitrogens with zero attached hydrogens (tertiary/aromatic N) is 4. The lowest BCUT2D eigenvalue weighted by Gasteiger charge is -2.33. The number of fused-ring (bicyclic) bond motifs is 1. The molecule has 1 fully saturated rings. The van der Waals surface area contributed by atoms with E-state index in [9.17, 15) is 4.79 Å². The van der Waals surface area contributed by atoms with Gasteiger partial charge in [-0.2, -0.15) is 0 Å². The number of carbonyl (C=O) groups excluding carboxylic acids is 1. The van der Waals surface area contributed by atoms with E-state index in [0.29, 0.717) is 0 Å². The topological polar surface area (TPSA) is 40.8 Å². The molecule has 0 bridgehead atoms. The van der Waals surface area contributed by atoms with Gasteiger partial charge in [0.25, 0.3) is 5.91 Å². The standard InChI is InChI=1S/C16H18N4OS2/c1-2-18-5-7-19(8-6-18)15(21)13-11-23-16-17-12(10-20(13)16)14-4-3-9-22-14/h3-4,9-11H,2,5-8H2,1H3. The summed E-state index contributed by atoms with van der Waals surface area (Å²) in [6.45, 7) is 6.74. The zero-order valence-electron chi connectivity index (χ0n) is 12.9. The van der Waals surface area contributed by atoms with Gasteiger partial charge in [-0.1, -0.05) is 13.0 Å². The Morgan fingerprint density at radius 3 is 2.78 bits per heavy atom. The van der Waals surface area contributed by atoms with E-state index in [1.165, 1.54) is 11.3 Å². The Morgan fingerprint density at radius 1 is 1.26 bits per heavy atom. The lowest BCUT2D eigenvalue weighted by atomic mass is 10.3. The Morgan fingerprint density at radius 2 is 2.09 bits per heavy atom. The number of thiophene rings is 1. The minimum Gasteiger partial charge on any atom is -0.335 e. The van der Waals surface area contributed by atoms with Crippen molar-refractivity contribution < 1.29 is 4.79 Å². The molecule has 7 heteroatoms. The fourth-order valence-electron chi connectivity index (χ4n) is 2.91. The maximum absolute atomic E-state index is 12.8. The van der Waals surface area contributed by atoms with Crippen molar-refractivity contribution in [3.63, 3.8) is 0 Å². The van der Waals surface area contributed by atoms with Gasteiger partial charge in [-0.25, -0.2) is 4.98 Å². The van der Waals surface area contributed by atoms with E-state index in [2.05, 4.69) is 22.9 Å². The van der Waals surface area contributed by atoms with Crippen LogP contribution < -0.4 is 0 Å². The number of amides is 1. The number of hydrogen-bond acceptors (Lipinski definition) is 5. The van der Waals surface area contributed by atoms with Crippen LogP contribution in [-0.2, 0) is 0 Å². The molecule has 4 rings (SSSR count). The molecule has 1 saturated heterocycles. The highest BCUT2D eigenvalue weighted by atomic mass is 32.1. The number of thiazole rings is 1. The molecule has 1 aliphatic heterocycles. The summed E-state index contributed by atoms with van der Waals surface area (Å²) >= 11 is 3.20. The third kappa shape index (κ3) is 2.69. The Labute approximate surface area is 142 Å². The lowest BCUT2D eigenvalue weighted by Crippen LogP contribution is -2.48. The highest BCUT2D eigenvalue weighted by Gasteiger charge is 2.24. The number of carbonyl (C=O) groups is 1. The third-order valence-electron chi connectivity index (χ3n) is 4.31. The molecule has 0 unspecified atom stereocenters. The molecule has 3 aromatic rings. The average molecular weight is 346 g/mol. The number of likely N-dealkylation sites (N-methyl/N-ethyl adjacent to an activating group) is 1. The van der Waals surface area contributed by atoms with E-state index in [1.807, 2.05) is 32.3 Å². The molecule has 0 radical (unpaired) electrons. The van der Waals surface area contributed by atoms with Crippen LogP contribution in [-0.4, -0.2) is 57.8 Å². The second kappa shape index (κ2) is 6.07. The Bertz CT molecular complexity index is 812. The molecule has 4 heterocycles. The van der Waals surface area contributed by atoms with Crippen molar-refractivity contribution in [2.45, 2.75) is 6.92 Å². The molecular weight excluding hydrogens is 328 g/mol. The van der Waals surface area contributed by atoms with E-state index >= 15 is 0 Å². The molecule has 0 N–H and O–H groups in total. The summed E-state index contributed by atoms with van der Waals surface area (Å²) < 4.78 is 1.94. The average Bonchev–Trinajstić information content (AvgIpc) is 3.29. The molecule has 0 aliphatic carbocycles. The Hall–Kier alpha value is -1.70. The Kier molecular flexibility index (Phi) is 3.92. The summed E-state index contributed by atoms with van der Waals surface area (Å²) in [5, 5.41) is 3.97. The van der Waals surface area contributed by atoms with Gasteiger partial charge in [-0.3, -0.25) is 9.20 Å². The molecule has 23 heavy (non-hydrogen) atoms. The van der Waals surface area contributed by atoms with Crippen molar-refractivity contribution in [3.05, 3.63) is 34.8 Å². The van der Waals surface area contributed by atoms with Crippen LogP contribution in [0.25, 0.3) is 15.5 Å². The van der Waals surface area contributed by atoms with Gasteiger partial charge < -0.3 is 9.80 Å². The zero-order valence-corrected chi connectivity index (χ0v) is 14.6. The summed E-state index contributed by atoms with van der Waals surface area (Å²) in [5.74, 6) is 0.113. The lowest BCUT2D eigenvalue weighted by molar-refractivity contribution is 0.0637. The number of aromatic nitrogens is 2. The van der Waals surface area contributed by atoms with Crippen LogP contribution in [0.3, 0.4) is 0 Å². The summed E-state index contributed by atoms with van der Waals surface area (Å²) in [7, 11) is 0. The molecule has 1 amide bonds. The third-order valence-corrected chi connectivity index (χ3v) is 6.04. The van der Waals surface area contributed by atoms with Crippen LogP contribution in [0.15, 0.2) is 29.1 Å². The first-order chi connectivity index (χ1) is 11.3. The maximum atomic E-state index is 12.8. The highest BCUT2D eigenvalue weighted by Crippen LogP contribution is 2.27. The first-order valence-corrected chi connectivity index (χ1v) is 9.54. The molecule has 0 atom stereocenters. The van der Waals surface area contributed by atoms with Crippen LogP contribution in [0.2, 0.25) is 0 Å². The van der Waals surface area contributed by atoms with E-state index in [-0.39, 0.29) is 5.91 Å². The van der Waals surface area contributed by atoms with Crippen molar-refractivity contribution in [2.75, 3.05) is 32.7 Å². The number of hydrogen-bond donors (Lipinski definition) is 0. The normalized spacial score (nSPS) is 16.3. The SMILES string of the molecule is CCN1CCN(C(=O)c2csc3nc(-c4cccs4)cn23)CC1. The zero-order chi connectivity index (χ0) is 15.8. The van der Waals surface area contributed by atoms with Gasteiger partial charge >= 0.3 is 0 Å². The van der Waals surface area contributed by atoms with E-state index in [1.54, 1.807) is 11.3 Å². The van der Waals surface area contributed by atoms with Crippen molar-refractivity contribution in [2.24, 2.45) is 0 Å². The van der Waals surface area contributed by atoms with Crippen molar-refractivity contribution in [1.29, 1.82) is 0 Å². The summed E-state index contributed by atoms with van der Waals surface area (Å²) in [6.07, 6.45) is 1.98. The highest BCUT2D eigenvalue weighted by molar-refractivity contribution is 7.15. The maximum Gasteiger partial charge on any atom is 0.271 e. The summed E-state index contributed by atoms with van der Waals surface area (Å²) in [5.41, 5.74) is 1.67. The summed E-state index contributed by atoms with van der Waals surface area (Å²) in [4.78, 5) is 23.8. The van der Waals surface area contributed by atoms with Gasteiger partial charge in [0.15, 0.2) is 4.96 Å². The quantitative estimate of drug-likeness (QED) is 0.732.